The normalized spacial score (nSPS) is 16.4. The molecule has 130 valence electrons. The molecule has 0 aliphatic heterocycles. The van der Waals surface area contributed by atoms with Gasteiger partial charge in [-0.25, -0.2) is 4.79 Å². The first kappa shape index (κ1) is 19.0. The highest BCUT2D eigenvalue weighted by Gasteiger charge is 2.28. The van der Waals surface area contributed by atoms with Gasteiger partial charge in [0.2, 0.25) is 0 Å². The molecule has 0 saturated carbocycles. The van der Waals surface area contributed by atoms with Crippen molar-refractivity contribution in [2.75, 3.05) is 6.61 Å². The van der Waals surface area contributed by atoms with Gasteiger partial charge in [-0.15, -0.1) is 0 Å². The third-order valence-corrected chi connectivity index (χ3v) is 8.04. The van der Waals surface area contributed by atoms with E-state index in [9.17, 15) is 4.79 Å². The molecule has 0 aromatic heterocycles. The molecule has 0 saturated heterocycles. The topological polar surface area (TPSA) is 26.3 Å². The molecule has 0 spiro atoms. The van der Waals surface area contributed by atoms with Crippen LogP contribution in [-0.2, 0) is 9.53 Å². The van der Waals surface area contributed by atoms with Crippen LogP contribution in [0.25, 0.3) is 0 Å². The lowest BCUT2D eigenvalue weighted by molar-refractivity contribution is -0.134. The third-order valence-electron chi connectivity index (χ3n) is 4.04. The molecule has 1 atom stereocenters. The maximum Gasteiger partial charge on any atom is 0.331 e. The largest absolute Gasteiger partial charge is 0.463 e. The zero-order valence-electron chi connectivity index (χ0n) is 14.7. The van der Waals surface area contributed by atoms with Crippen molar-refractivity contribution in [3.8, 4) is 0 Å². The van der Waals surface area contributed by atoms with E-state index in [4.69, 9.17) is 4.74 Å². The van der Waals surface area contributed by atoms with Crippen molar-refractivity contribution in [2.45, 2.75) is 19.8 Å². The molecular weight excluding hydrogens is 327 g/mol. The second-order valence-corrected chi connectivity index (χ2v) is 8.83. The summed E-state index contributed by atoms with van der Waals surface area (Å²) >= 11 is 0. The molecule has 2 nitrogen and oxygen atoms in total. The maximum atomic E-state index is 12.5. The van der Waals surface area contributed by atoms with Crippen LogP contribution >= 0.6 is 6.89 Å². The SMILES string of the molecule is C=C/C=C(\C=C)P(=CC(=O)OCC)(C1=CCCC=C1)c1ccccc1. The Hall–Kier alpha value is -2.31. The summed E-state index contributed by atoms with van der Waals surface area (Å²) in [6.07, 6.45) is 14.1. The minimum absolute atomic E-state index is 0.295. The predicted molar refractivity (Wildman–Crippen MR) is 111 cm³/mol. The van der Waals surface area contributed by atoms with E-state index in [1.807, 2.05) is 37.3 Å². The average molecular weight is 352 g/mol. The molecular formula is C22H25O2P. The maximum absolute atomic E-state index is 12.5. The van der Waals surface area contributed by atoms with Gasteiger partial charge >= 0.3 is 5.97 Å². The standard InChI is InChI=1S/C22H25O2P/c1-4-13-19(5-2)25(18-22(23)24-6-3,20-14-9-7-10-15-20)21-16-11-8-12-17-21/h4-5,7,9-11,13-18H,1-2,6,8,12H2,3H3/b19-13+. The molecule has 1 aromatic rings. The summed E-state index contributed by atoms with van der Waals surface area (Å²) in [4.78, 5) is 12.5. The van der Waals surface area contributed by atoms with Crippen molar-refractivity contribution >= 4 is 24.0 Å². The van der Waals surface area contributed by atoms with Gasteiger partial charge in [-0.3, -0.25) is 0 Å². The number of carbonyl (C=O) groups is 1. The lowest BCUT2D eigenvalue weighted by Gasteiger charge is -2.31. The first-order valence-electron chi connectivity index (χ1n) is 8.49. The molecule has 0 bridgehead atoms. The summed E-state index contributed by atoms with van der Waals surface area (Å²) in [5.41, 5.74) is 0. The zero-order valence-corrected chi connectivity index (χ0v) is 15.6. The van der Waals surface area contributed by atoms with Crippen LogP contribution in [0.1, 0.15) is 19.8 Å². The van der Waals surface area contributed by atoms with Gasteiger partial charge in [-0.1, -0.05) is 79.9 Å². The van der Waals surface area contributed by atoms with Crippen molar-refractivity contribution in [1.82, 2.24) is 0 Å². The second kappa shape index (κ2) is 9.25. The van der Waals surface area contributed by atoms with E-state index in [2.05, 4.69) is 43.5 Å². The Labute approximate surface area is 150 Å². The number of hydrogen-bond donors (Lipinski definition) is 0. The minimum Gasteiger partial charge on any atom is -0.463 e. The van der Waals surface area contributed by atoms with Crippen LogP contribution in [0.4, 0.5) is 0 Å². The molecule has 1 aliphatic carbocycles. The van der Waals surface area contributed by atoms with Gasteiger partial charge in [0, 0.05) is 5.80 Å². The Balaban J connectivity index is 2.87. The fourth-order valence-corrected chi connectivity index (χ4v) is 6.74. The molecule has 2 rings (SSSR count). The molecule has 1 unspecified atom stereocenters. The molecule has 0 heterocycles. The van der Waals surface area contributed by atoms with Crippen LogP contribution in [0, 0.1) is 0 Å². The third kappa shape index (κ3) is 4.21. The van der Waals surface area contributed by atoms with E-state index in [1.54, 1.807) is 11.9 Å². The van der Waals surface area contributed by atoms with Crippen LogP contribution in [0.2, 0.25) is 0 Å². The van der Waals surface area contributed by atoms with E-state index < -0.39 is 6.89 Å². The molecule has 0 fully saturated rings. The minimum atomic E-state index is -2.29. The number of benzene rings is 1. The highest BCUT2D eigenvalue weighted by Crippen LogP contribution is 2.62. The fourth-order valence-electron chi connectivity index (χ4n) is 2.98. The summed E-state index contributed by atoms with van der Waals surface area (Å²) in [6.45, 7) is 7.74. The summed E-state index contributed by atoms with van der Waals surface area (Å²) < 4.78 is 5.28. The van der Waals surface area contributed by atoms with Crippen LogP contribution in [0.3, 0.4) is 0 Å². The quantitative estimate of drug-likeness (QED) is 0.384. The highest BCUT2D eigenvalue weighted by molar-refractivity contribution is 7.90. The molecule has 1 aromatic carbocycles. The highest BCUT2D eigenvalue weighted by atomic mass is 31.2. The summed E-state index contributed by atoms with van der Waals surface area (Å²) in [5.74, 6) is 1.47. The summed E-state index contributed by atoms with van der Waals surface area (Å²) in [6, 6.07) is 10.1. The fraction of sp³-hybridized carbons (Fsp3) is 0.182. The van der Waals surface area contributed by atoms with Gasteiger partial charge < -0.3 is 4.74 Å². The van der Waals surface area contributed by atoms with Crippen LogP contribution in [0.15, 0.2) is 90.6 Å². The molecule has 0 radical (unpaired) electrons. The van der Waals surface area contributed by atoms with Gasteiger partial charge in [-0.05, 0) is 42.6 Å². The molecule has 0 amide bonds. The molecule has 1 aliphatic rings. The van der Waals surface area contributed by atoms with E-state index >= 15 is 0 Å². The smallest absolute Gasteiger partial charge is 0.331 e. The Morgan fingerprint density at radius 2 is 2.00 bits per heavy atom. The Morgan fingerprint density at radius 1 is 1.24 bits per heavy atom. The Morgan fingerprint density at radius 3 is 2.56 bits per heavy atom. The first-order valence-corrected chi connectivity index (χ1v) is 10.3. The van der Waals surface area contributed by atoms with Crippen molar-refractivity contribution in [1.29, 1.82) is 0 Å². The van der Waals surface area contributed by atoms with E-state index in [1.165, 1.54) is 0 Å². The number of hydrogen-bond acceptors (Lipinski definition) is 2. The predicted octanol–water partition coefficient (Wildman–Crippen LogP) is 5.18. The number of carbonyl (C=O) groups excluding carboxylic acids is 1. The van der Waals surface area contributed by atoms with E-state index in [0.717, 1.165) is 28.8 Å². The lowest BCUT2D eigenvalue weighted by atomic mass is 10.2. The zero-order chi connectivity index (χ0) is 18.1. The summed E-state index contributed by atoms with van der Waals surface area (Å²) in [7, 11) is 0. The second-order valence-electron chi connectivity index (χ2n) is 5.58. The summed E-state index contributed by atoms with van der Waals surface area (Å²) in [5, 5.41) is 3.26. The van der Waals surface area contributed by atoms with Crippen LogP contribution in [-0.4, -0.2) is 18.4 Å². The Bertz CT molecular complexity index is 780. The van der Waals surface area contributed by atoms with Gasteiger partial charge in [0.25, 0.3) is 0 Å². The van der Waals surface area contributed by atoms with Gasteiger partial charge in [0.05, 0.1) is 6.61 Å². The van der Waals surface area contributed by atoms with Crippen molar-refractivity contribution in [3.63, 3.8) is 0 Å². The average Bonchev–Trinajstić information content (AvgIpc) is 2.66. The Kier molecular flexibility index (Phi) is 7.03. The van der Waals surface area contributed by atoms with Gasteiger partial charge in [-0.2, -0.15) is 0 Å². The van der Waals surface area contributed by atoms with Gasteiger partial charge in [0.15, 0.2) is 0 Å². The molecule has 3 heteroatoms. The van der Waals surface area contributed by atoms with Gasteiger partial charge in [0.1, 0.15) is 0 Å². The van der Waals surface area contributed by atoms with Crippen LogP contribution < -0.4 is 5.30 Å². The van der Waals surface area contributed by atoms with E-state index in [0.29, 0.717) is 6.61 Å². The van der Waals surface area contributed by atoms with Crippen LogP contribution in [0.5, 0.6) is 0 Å². The monoisotopic (exact) mass is 352 g/mol. The molecule has 0 N–H and O–H groups in total. The number of esters is 1. The first-order chi connectivity index (χ1) is 12.2. The number of allylic oxidation sites excluding steroid dienone is 8. The molecule has 25 heavy (non-hydrogen) atoms. The van der Waals surface area contributed by atoms with Crippen molar-refractivity contribution < 1.29 is 9.53 Å². The number of rotatable bonds is 7. The van der Waals surface area contributed by atoms with Crippen molar-refractivity contribution in [2.24, 2.45) is 0 Å². The lowest BCUT2D eigenvalue weighted by Crippen LogP contribution is -2.16. The number of ether oxygens (including phenoxy) is 1. The van der Waals surface area contributed by atoms with E-state index in [-0.39, 0.29) is 5.97 Å². The van der Waals surface area contributed by atoms with Crippen molar-refractivity contribution in [3.05, 3.63) is 90.6 Å².